The van der Waals surface area contributed by atoms with Crippen LogP contribution in [0.25, 0.3) is 6.08 Å². The summed E-state index contributed by atoms with van der Waals surface area (Å²) in [6, 6.07) is 12.1. The third-order valence-corrected chi connectivity index (χ3v) is 5.44. The maximum Gasteiger partial charge on any atom is 0.252 e. The van der Waals surface area contributed by atoms with E-state index in [0.717, 1.165) is 44.8 Å². The molecule has 1 unspecified atom stereocenters. The molecule has 1 atom stereocenters. The first-order valence-electron chi connectivity index (χ1n) is 10.1. The molecular formula is C22H28N4O2. The SMILES string of the molecule is C/C(=C\c1ccccc1)CN1CCC(c2cc(=O)[nH]c(N3CCOCC3)n2)C1. The zero-order valence-electron chi connectivity index (χ0n) is 16.4. The molecule has 2 aliphatic heterocycles. The molecule has 0 amide bonds. The van der Waals surface area contributed by atoms with Crippen molar-refractivity contribution in [1.29, 1.82) is 0 Å². The van der Waals surface area contributed by atoms with E-state index in [1.165, 1.54) is 11.1 Å². The molecule has 0 spiro atoms. The number of nitrogens with one attached hydrogen (secondary N) is 1. The van der Waals surface area contributed by atoms with E-state index in [-0.39, 0.29) is 5.56 Å². The van der Waals surface area contributed by atoms with E-state index in [4.69, 9.17) is 9.72 Å². The molecule has 2 saturated heterocycles. The topological polar surface area (TPSA) is 61.5 Å². The second-order valence-corrected chi connectivity index (χ2v) is 7.72. The van der Waals surface area contributed by atoms with Crippen LogP contribution in [-0.4, -0.2) is 60.8 Å². The lowest BCUT2D eigenvalue weighted by Gasteiger charge is -2.27. The highest BCUT2D eigenvalue weighted by Gasteiger charge is 2.26. The number of likely N-dealkylation sites (tertiary alicyclic amines) is 1. The van der Waals surface area contributed by atoms with Gasteiger partial charge in [-0.1, -0.05) is 42.0 Å². The molecule has 2 fully saturated rings. The number of aromatic nitrogens is 2. The summed E-state index contributed by atoms with van der Waals surface area (Å²) in [4.78, 5) is 24.4. The smallest absolute Gasteiger partial charge is 0.252 e. The molecule has 1 aromatic carbocycles. The van der Waals surface area contributed by atoms with Gasteiger partial charge in [-0.3, -0.25) is 14.7 Å². The molecule has 28 heavy (non-hydrogen) atoms. The minimum atomic E-state index is -0.0647. The van der Waals surface area contributed by atoms with Gasteiger partial charge in [0.1, 0.15) is 0 Å². The number of benzene rings is 1. The summed E-state index contributed by atoms with van der Waals surface area (Å²) in [6.07, 6.45) is 3.28. The lowest BCUT2D eigenvalue weighted by molar-refractivity contribution is 0.122. The number of H-pyrrole nitrogens is 1. The zero-order valence-corrected chi connectivity index (χ0v) is 16.4. The van der Waals surface area contributed by atoms with E-state index in [1.807, 2.05) is 6.07 Å². The van der Waals surface area contributed by atoms with Gasteiger partial charge in [0.25, 0.3) is 5.56 Å². The Balaban J connectivity index is 1.42. The summed E-state index contributed by atoms with van der Waals surface area (Å²) >= 11 is 0. The largest absolute Gasteiger partial charge is 0.378 e. The van der Waals surface area contributed by atoms with Crippen LogP contribution in [0.4, 0.5) is 5.95 Å². The number of ether oxygens (including phenoxy) is 1. The standard InChI is InChI=1S/C22H28N4O2/c1-17(13-18-5-3-2-4-6-18)15-25-8-7-19(16-25)20-14-21(27)24-22(23-20)26-9-11-28-12-10-26/h2-6,13-14,19H,7-12,15-16H2,1H3,(H,23,24,27)/b17-13+. The average molecular weight is 380 g/mol. The van der Waals surface area contributed by atoms with Crippen molar-refractivity contribution in [1.82, 2.24) is 14.9 Å². The number of anilines is 1. The van der Waals surface area contributed by atoms with Gasteiger partial charge in [-0.05, 0) is 25.5 Å². The monoisotopic (exact) mass is 380 g/mol. The molecule has 6 nitrogen and oxygen atoms in total. The molecule has 2 aromatic rings. The zero-order chi connectivity index (χ0) is 19.3. The van der Waals surface area contributed by atoms with Gasteiger partial charge >= 0.3 is 0 Å². The second kappa shape index (κ2) is 8.71. The van der Waals surface area contributed by atoms with Crippen LogP contribution in [0, 0.1) is 0 Å². The highest BCUT2D eigenvalue weighted by molar-refractivity contribution is 5.52. The summed E-state index contributed by atoms with van der Waals surface area (Å²) in [5.41, 5.74) is 3.43. The Morgan fingerprint density at radius 1 is 1.25 bits per heavy atom. The second-order valence-electron chi connectivity index (χ2n) is 7.72. The number of rotatable bonds is 5. The maximum atomic E-state index is 12.2. The fourth-order valence-electron chi connectivity index (χ4n) is 4.05. The van der Waals surface area contributed by atoms with Gasteiger partial charge in [0.15, 0.2) is 0 Å². The Hall–Kier alpha value is -2.44. The van der Waals surface area contributed by atoms with Crippen molar-refractivity contribution in [3.63, 3.8) is 0 Å². The van der Waals surface area contributed by atoms with E-state index in [0.29, 0.717) is 25.1 Å². The summed E-state index contributed by atoms with van der Waals surface area (Å²) in [5.74, 6) is 0.996. The van der Waals surface area contributed by atoms with Crippen LogP contribution in [0.1, 0.15) is 30.5 Å². The van der Waals surface area contributed by atoms with E-state index in [2.05, 4.69) is 52.0 Å². The predicted octanol–water partition coefficient (Wildman–Crippen LogP) is 2.50. The Bertz CT molecular complexity index is 872. The third kappa shape index (κ3) is 4.69. The van der Waals surface area contributed by atoms with Crippen LogP contribution in [-0.2, 0) is 4.74 Å². The molecule has 6 heteroatoms. The van der Waals surface area contributed by atoms with E-state index >= 15 is 0 Å². The molecule has 3 heterocycles. The lowest BCUT2D eigenvalue weighted by atomic mass is 10.0. The van der Waals surface area contributed by atoms with Gasteiger partial charge in [-0.25, -0.2) is 4.98 Å². The Labute approximate surface area is 165 Å². The van der Waals surface area contributed by atoms with Gasteiger partial charge in [0, 0.05) is 38.2 Å². The van der Waals surface area contributed by atoms with Crippen LogP contribution in [0.3, 0.4) is 0 Å². The highest BCUT2D eigenvalue weighted by atomic mass is 16.5. The van der Waals surface area contributed by atoms with Crippen molar-refractivity contribution < 1.29 is 4.74 Å². The number of aromatic amines is 1. The fraction of sp³-hybridized carbons (Fsp3) is 0.455. The minimum absolute atomic E-state index is 0.0647. The van der Waals surface area contributed by atoms with Crippen LogP contribution < -0.4 is 10.5 Å². The molecule has 148 valence electrons. The predicted molar refractivity (Wildman–Crippen MR) is 112 cm³/mol. The quantitative estimate of drug-likeness (QED) is 0.864. The first kappa shape index (κ1) is 18.9. The minimum Gasteiger partial charge on any atom is -0.378 e. The van der Waals surface area contributed by atoms with E-state index in [1.54, 1.807) is 6.07 Å². The van der Waals surface area contributed by atoms with Crippen molar-refractivity contribution in [3.05, 3.63) is 63.6 Å². The first-order chi connectivity index (χ1) is 13.7. The average Bonchev–Trinajstić information content (AvgIpc) is 3.17. The summed E-state index contributed by atoms with van der Waals surface area (Å²) in [6.45, 7) is 8.01. The molecule has 4 rings (SSSR count). The van der Waals surface area contributed by atoms with Crippen LogP contribution in [0.2, 0.25) is 0 Å². The molecule has 1 N–H and O–H groups in total. The molecule has 0 aliphatic carbocycles. The van der Waals surface area contributed by atoms with Gasteiger partial charge < -0.3 is 9.64 Å². The van der Waals surface area contributed by atoms with Crippen LogP contribution in [0.5, 0.6) is 0 Å². The summed E-state index contributed by atoms with van der Waals surface area (Å²) in [5, 5.41) is 0. The van der Waals surface area contributed by atoms with Crippen LogP contribution >= 0.6 is 0 Å². The maximum absolute atomic E-state index is 12.2. The third-order valence-electron chi connectivity index (χ3n) is 5.44. The van der Waals surface area contributed by atoms with Gasteiger partial charge in [-0.15, -0.1) is 0 Å². The fourth-order valence-corrected chi connectivity index (χ4v) is 4.05. The Morgan fingerprint density at radius 2 is 2.04 bits per heavy atom. The Kier molecular flexibility index (Phi) is 5.88. The first-order valence-corrected chi connectivity index (χ1v) is 10.1. The molecule has 2 aliphatic rings. The normalized spacial score (nSPS) is 21.2. The van der Waals surface area contributed by atoms with Crippen molar-refractivity contribution in [2.24, 2.45) is 0 Å². The number of hydrogen-bond acceptors (Lipinski definition) is 5. The number of hydrogen-bond donors (Lipinski definition) is 1. The molecule has 0 bridgehead atoms. The van der Waals surface area contributed by atoms with Crippen molar-refractivity contribution in [2.75, 3.05) is 50.8 Å². The molecule has 0 saturated carbocycles. The highest BCUT2D eigenvalue weighted by Crippen LogP contribution is 2.26. The van der Waals surface area contributed by atoms with Crippen molar-refractivity contribution in [3.8, 4) is 0 Å². The van der Waals surface area contributed by atoms with E-state index in [9.17, 15) is 4.79 Å². The number of nitrogens with zero attached hydrogens (tertiary/aromatic N) is 3. The lowest BCUT2D eigenvalue weighted by Crippen LogP contribution is -2.38. The molecular weight excluding hydrogens is 352 g/mol. The molecule has 0 radical (unpaired) electrons. The Morgan fingerprint density at radius 3 is 2.82 bits per heavy atom. The van der Waals surface area contributed by atoms with Crippen molar-refractivity contribution >= 4 is 12.0 Å². The van der Waals surface area contributed by atoms with Gasteiger partial charge in [-0.2, -0.15) is 0 Å². The van der Waals surface area contributed by atoms with Gasteiger partial charge in [0.2, 0.25) is 5.95 Å². The van der Waals surface area contributed by atoms with E-state index < -0.39 is 0 Å². The summed E-state index contributed by atoms with van der Waals surface area (Å²) in [7, 11) is 0. The van der Waals surface area contributed by atoms with Gasteiger partial charge in [0.05, 0.1) is 18.9 Å². The molecule has 1 aromatic heterocycles. The van der Waals surface area contributed by atoms with Crippen molar-refractivity contribution in [2.45, 2.75) is 19.3 Å². The summed E-state index contributed by atoms with van der Waals surface area (Å²) < 4.78 is 5.40. The number of morpholine rings is 1. The van der Waals surface area contributed by atoms with Crippen LogP contribution in [0.15, 0.2) is 46.8 Å².